The number of likely N-dealkylation sites (N-methyl/N-ethyl adjacent to an activating group) is 1. The van der Waals surface area contributed by atoms with Crippen LogP contribution in [-0.4, -0.2) is 41.3 Å². The van der Waals surface area contributed by atoms with Gasteiger partial charge in [-0.15, -0.1) is 0 Å². The van der Waals surface area contributed by atoms with Crippen molar-refractivity contribution in [2.24, 2.45) is 5.92 Å². The monoisotopic (exact) mass is 429 g/mol. The van der Waals surface area contributed by atoms with Crippen molar-refractivity contribution in [1.82, 2.24) is 15.2 Å². The van der Waals surface area contributed by atoms with E-state index in [0.717, 1.165) is 25.0 Å². The minimum atomic E-state index is -0.788. The average Bonchev–Trinajstić information content (AvgIpc) is 3.41. The van der Waals surface area contributed by atoms with Gasteiger partial charge in [0.25, 0.3) is 5.91 Å². The van der Waals surface area contributed by atoms with E-state index in [0.29, 0.717) is 25.0 Å². The number of rotatable bonds is 5. The Balaban J connectivity index is 1.40. The van der Waals surface area contributed by atoms with E-state index in [1.54, 1.807) is 24.1 Å². The Morgan fingerprint density at radius 2 is 2.10 bits per heavy atom. The first-order valence-corrected chi connectivity index (χ1v) is 10.6. The van der Waals surface area contributed by atoms with Gasteiger partial charge in [-0.25, -0.2) is 13.8 Å². The number of nitrogens with zero attached hydrogens (tertiary/aromatic N) is 2. The number of aromatic nitrogens is 1. The molecule has 0 radical (unpaired) electrons. The number of benzene rings is 1. The predicted molar refractivity (Wildman–Crippen MR) is 111 cm³/mol. The van der Waals surface area contributed by atoms with Gasteiger partial charge in [0, 0.05) is 43.3 Å². The van der Waals surface area contributed by atoms with E-state index in [9.17, 15) is 18.4 Å². The molecule has 2 aliphatic rings. The van der Waals surface area contributed by atoms with Crippen molar-refractivity contribution in [3.63, 3.8) is 0 Å². The second-order valence-corrected chi connectivity index (χ2v) is 8.12. The molecule has 8 heteroatoms. The Morgan fingerprint density at radius 3 is 2.81 bits per heavy atom. The van der Waals surface area contributed by atoms with Gasteiger partial charge in [-0.05, 0) is 32.6 Å². The maximum Gasteiger partial charge on any atom is 0.253 e. The van der Waals surface area contributed by atoms with E-state index in [-0.39, 0.29) is 46.7 Å². The fourth-order valence-corrected chi connectivity index (χ4v) is 4.33. The summed E-state index contributed by atoms with van der Waals surface area (Å²) in [6.45, 7) is 2.50. The Bertz CT molecular complexity index is 1080. The van der Waals surface area contributed by atoms with Crippen LogP contribution in [0.3, 0.4) is 0 Å². The Hall–Kier alpha value is -3.03. The van der Waals surface area contributed by atoms with Crippen LogP contribution >= 0.6 is 0 Å². The lowest BCUT2D eigenvalue weighted by Gasteiger charge is -2.26. The number of halogens is 2. The molecule has 6 nitrogen and oxygen atoms in total. The van der Waals surface area contributed by atoms with E-state index in [1.165, 1.54) is 0 Å². The molecule has 3 atom stereocenters. The molecule has 1 N–H and O–H groups in total. The molecule has 4 rings (SSSR count). The van der Waals surface area contributed by atoms with Crippen molar-refractivity contribution in [3.8, 4) is 0 Å². The SMILES string of the molecule is CCNC(=O)C1CCC(N(C)C(=O)C2=CCC(c3nc4cc(F)cc(F)c4o3)C=C2)C1. The molecule has 31 heavy (non-hydrogen) atoms. The second-order valence-electron chi connectivity index (χ2n) is 8.12. The molecule has 1 aromatic heterocycles. The van der Waals surface area contributed by atoms with Gasteiger partial charge in [-0.2, -0.15) is 0 Å². The summed E-state index contributed by atoms with van der Waals surface area (Å²) in [6, 6.07) is 1.93. The molecule has 1 saturated carbocycles. The predicted octanol–water partition coefficient (Wildman–Crippen LogP) is 3.84. The van der Waals surface area contributed by atoms with Crippen LogP contribution in [0, 0.1) is 17.6 Å². The van der Waals surface area contributed by atoms with Crippen molar-refractivity contribution < 1.29 is 22.8 Å². The van der Waals surface area contributed by atoms with Crippen LogP contribution in [0.2, 0.25) is 0 Å². The van der Waals surface area contributed by atoms with Gasteiger partial charge in [0.05, 0.1) is 5.92 Å². The maximum absolute atomic E-state index is 13.9. The van der Waals surface area contributed by atoms with Gasteiger partial charge in [0.2, 0.25) is 11.8 Å². The highest BCUT2D eigenvalue weighted by molar-refractivity contribution is 5.96. The number of nitrogens with one attached hydrogen (secondary N) is 1. The smallest absolute Gasteiger partial charge is 0.253 e. The second kappa shape index (κ2) is 8.61. The standard InChI is InChI=1S/C23H25F2N3O3/c1-3-26-21(29)15-8-9-17(10-15)28(2)23(30)14-6-4-13(5-7-14)22-27-19-12-16(24)11-18(25)20(19)31-22/h4,6-7,11-13,15,17H,3,5,8-10H2,1-2H3,(H,26,29). The Kier molecular flexibility index (Phi) is 5.89. The van der Waals surface area contributed by atoms with Crippen LogP contribution in [0.5, 0.6) is 0 Å². The summed E-state index contributed by atoms with van der Waals surface area (Å²) in [5.74, 6) is -1.56. The quantitative estimate of drug-likeness (QED) is 0.784. The molecule has 0 saturated heterocycles. The summed E-state index contributed by atoms with van der Waals surface area (Å²) in [5.41, 5.74) is 0.626. The molecule has 0 aliphatic heterocycles. The molecular weight excluding hydrogens is 404 g/mol. The highest BCUT2D eigenvalue weighted by Gasteiger charge is 2.34. The van der Waals surface area contributed by atoms with Crippen LogP contribution < -0.4 is 5.32 Å². The normalized spacial score (nSPS) is 23.1. The highest BCUT2D eigenvalue weighted by Crippen LogP contribution is 2.33. The maximum atomic E-state index is 13.9. The number of allylic oxidation sites excluding steroid dienone is 2. The third-order valence-electron chi connectivity index (χ3n) is 6.08. The van der Waals surface area contributed by atoms with E-state index < -0.39 is 11.6 Å². The van der Waals surface area contributed by atoms with Crippen LogP contribution in [-0.2, 0) is 9.59 Å². The van der Waals surface area contributed by atoms with Crippen molar-refractivity contribution in [2.75, 3.05) is 13.6 Å². The first kappa shape index (κ1) is 21.2. The summed E-state index contributed by atoms with van der Waals surface area (Å²) in [6.07, 6.45) is 8.04. The van der Waals surface area contributed by atoms with Crippen LogP contribution in [0.25, 0.3) is 11.1 Å². The van der Waals surface area contributed by atoms with Crippen LogP contribution in [0.1, 0.15) is 44.4 Å². The van der Waals surface area contributed by atoms with Crippen LogP contribution in [0.15, 0.2) is 40.4 Å². The fourth-order valence-electron chi connectivity index (χ4n) is 4.33. The topological polar surface area (TPSA) is 75.4 Å². The van der Waals surface area contributed by atoms with Crippen molar-refractivity contribution in [3.05, 3.63) is 53.5 Å². The number of carbonyl (C=O) groups excluding carboxylic acids is 2. The van der Waals surface area contributed by atoms with Crippen molar-refractivity contribution in [1.29, 1.82) is 0 Å². The van der Waals surface area contributed by atoms with E-state index in [2.05, 4.69) is 10.3 Å². The van der Waals surface area contributed by atoms with Crippen molar-refractivity contribution in [2.45, 2.75) is 44.6 Å². The number of carbonyl (C=O) groups is 2. The van der Waals surface area contributed by atoms with Gasteiger partial charge in [-0.3, -0.25) is 9.59 Å². The number of fused-ring (bicyclic) bond motifs is 1. The zero-order chi connectivity index (χ0) is 22.1. The number of hydrogen-bond donors (Lipinski definition) is 1. The zero-order valence-electron chi connectivity index (χ0n) is 17.5. The van der Waals surface area contributed by atoms with Crippen LogP contribution in [0.4, 0.5) is 8.78 Å². The van der Waals surface area contributed by atoms with Gasteiger partial charge in [-0.1, -0.05) is 18.2 Å². The molecular formula is C23H25F2N3O3. The van der Waals surface area contributed by atoms with Gasteiger partial charge in [0.15, 0.2) is 11.4 Å². The first-order valence-electron chi connectivity index (χ1n) is 10.6. The fraction of sp³-hybridized carbons (Fsp3) is 0.435. The average molecular weight is 429 g/mol. The number of hydrogen-bond acceptors (Lipinski definition) is 4. The minimum absolute atomic E-state index is 0.0297. The third-order valence-corrected chi connectivity index (χ3v) is 6.08. The molecule has 3 unspecified atom stereocenters. The first-order chi connectivity index (χ1) is 14.9. The lowest BCUT2D eigenvalue weighted by Crippen LogP contribution is -2.37. The molecule has 0 spiro atoms. The molecule has 0 bridgehead atoms. The molecule has 1 aromatic carbocycles. The largest absolute Gasteiger partial charge is 0.437 e. The molecule has 1 heterocycles. The Morgan fingerprint density at radius 1 is 1.29 bits per heavy atom. The zero-order valence-corrected chi connectivity index (χ0v) is 17.5. The summed E-state index contributed by atoms with van der Waals surface area (Å²) in [4.78, 5) is 30.9. The van der Waals surface area contributed by atoms with E-state index in [1.807, 2.05) is 13.0 Å². The summed E-state index contributed by atoms with van der Waals surface area (Å²) >= 11 is 0. The summed E-state index contributed by atoms with van der Waals surface area (Å²) < 4.78 is 32.8. The molecule has 2 aliphatic carbocycles. The Labute approximate surface area is 179 Å². The van der Waals surface area contributed by atoms with Gasteiger partial charge >= 0.3 is 0 Å². The lowest BCUT2D eigenvalue weighted by atomic mass is 9.95. The van der Waals surface area contributed by atoms with E-state index in [4.69, 9.17) is 4.42 Å². The van der Waals surface area contributed by atoms with E-state index >= 15 is 0 Å². The van der Waals surface area contributed by atoms with Gasteiger partial charge in [0.1, 0.15) is 11.3 Å². The molecule has 164 valence electrons. The minimum Gasteiger partial charge on any atom is -0.437 e. The number of oxazole rings is 1. The highest BCUT2D eigenvalue weighted by atomic mass is 19.1. The molecule has 2 amide bonds. The lowest BCUT2D eigenvalue weighted by molar-refractivity contribution is -0.128. The number of amides is 2. The molecule has 1 fully saturated rings. The summed E-state index contributed by atoms with van der Waals surface area (Å²) in [7, 11) is 1.77. The van der Waals surface area contributed by atoms with Crippen molar-refractivity contribution >= 4 is 22.9 Å². The molecule has 2 aromatic rings. The van der Waals surface area contributed by atoms with Gasteiger partial charge < -0.3 is 14.6 Å². The third kappa shape index (κ3) is 4.24. The summed E-state index contributed by atoms with van der Waals surface area (Å²) in [5, 5.41) is 2.85.